The Morgan fingerprint density at radius 2 is 1.94 bits per heavy atom. The number of aliphatic carboxylic acids is 1. The first-order valence-electron chi connectivity index (χ1n) is 5.23. The Hall–Kier alpha value is -1.83. The molecule has 16 heavy (non-hydrogen) atoms. The summed E-state index contributed by atoms with van der Waals surface area (Å²) in [5, 5.41) is 8.64. The highest BCUT2D eigenvalue weighted by molar-refractivity contribution is 5.85. The van der Waals surface area contributed by atoms with E-state index in [0.717, 1.165) is 5.56 Å². The zero-order valence-corrected chi connectivity index (χ0v) is 9.60. The number of carboxylic acids is 1. The molecule has 0 amide bonds. The maximum absolute atomic E-state index is 10.5. The highest BCUT2D eigenvalue weighted by Gasteiger charge is 1.96. The Morgan fingerprint density at radius 3 is 2.50 bits per heavy atom. The molecule has 0 heterocycles. The molecule has 0 saturated carbocycles. The fraction of sp³-hybridized carbons (Fsp3) is 0.214. The summed E-state index contributed by atoms with van der Waals surface area (Å²) in [6.45, 7) is 3.65. The van der Waals surface area contributed by atoms with Gasteiger partial charge in [0.05, 0.1) is 0 Å². The van der Waals surface area contributed by atoms with Crippen molar-refractivity contribution in [3.8, 4) is 0 Å². The van der Waals surface area contributed by atoms with E-state index in [1.807, 2.05) is 31.2 Å². The van der Waals surface area contributed by atoms with Gasteiger partial charge in [0.15, 0.2) is 0 Å². The standard InChI is InChI=1S/C14H16O2/c1-11-7-9-13(10-8-11)6-4-3-5-12(2)14(15)16/h4-10H,3H2,1-2H3,(H,15,16). The van der Waals surface area contributed by atoms with Gasteiger partial charge >= 0.3 is 5.97 Å². The van der Waals surface area contributed by atoms with Crippen molar-refractivity contribution >= 4 is 12.0 Å². The molecule has 0 unspecified atom stereocenters. The van der Waals surface area contributed by atoms with Crippen LogP contribution in [0.2, 0.25) is 0 Å². The predicted molar refractivity (Wildman–Crippen MR) is 66.2 cm³/mol. The Kier molecular flexibility index (Phi) is 4.52. The average molecular weight is 216 g/mol. The quantitative estimate of drug-likeness (QED) is 0.783. The molecule has 0 fully saturated rings. The summed E-state index contributed by atoms with van der Waals surface area (Å²) in [6, 6.07) is 8.19. The van der Waals surface area contributed by atoms with Gasteiger partial charge in [-0.25, -0.2) is 4.79 Å². The van der Waals surface area contributed by atoms with Gasteiger partial charge < -0.3 is 5.11 Å². The van der Waals surface area contributed by atoms with Crippen LogP contribution in [0.5, 0.6) is 0 Å². The van der Waals surface area contributed by atoms with Crippen LogP contribution in [0.15, 0.2) is 42.0 Å². The Bertz CT molecular complexity index is 411. The minimum Gasteiger partial charge on any atom is -0.478 e. The minimum atomic E-state index is -0.858. The fourth-order valence-corrected chi connectivity index (χ4v) is 1.21. The van der Waals surface area contributed by atoms with Crippen LogP contribution >= 0.6 is 0 Å². The zero-order valence-electron chi connectivity index (χ0n) is 9.60. The second kappa shape index (κ2) is 5.91. The summed E-state index contributed by atoms with van der Waals surface area (Å²) in [5.41, 5.74) is 2.75. The maximum Gasteiger partial charge on any atom is 0.330 e. The van der Waals surface area contributed by atoms with Crippen molar-refractivity contribution in [2.24, 2.45) is 0 Å². The lowest BCUT2D eigenvalue weighted by Gasteiger charge is -1.94. The third kappa shape index (κ3) is 4.13. The molecule has 0 spiro atoms. The first kappa shape index (κ1) is 12.2. The summed E-state index contributed by atoms with van der Waals surface area (Å²) in [7, 11) is 0. The van der Waals surface area contributed by atoms with Crippen LogP contribution < -0.4 is 0 Å². The molecule has 0 radical (unpaired) electrons. The summed E-state index contributed by atoms with van der Waals surface area (Å²) in [4.78, 5) is 10.5. The molecule has 0 aliphatic carbocycles. The molecule has 0 atom stereocenters. The highest BCUT2D eigenvalue weighted by Crippen LogP contribution is 2.06. The van der Waals surface area contributed by atoms with Crippen molar-refractivity contribution in [3.63, 3.8) is 0 Å². The predicted octanol–water partition coefficient (Wildman–Crippen LogP) is 3.43. The Balaban J connectivity index is 2.52. The lowest BCUT2D eigenvalue weighted by atomic mass is 10.1. The van der Waals surface area contributed by atoms with Gasteiger partial charge in [-0.05, 0) is 25.8 Å². The second-order valence-electron chi connectivity index (χ2n) is 3.74. The minimum absolute atomic E-state index is 0.383. The van der Waals surface area contributed by atoms with Crippen molar-refractivity contribution in [1.29, 1.82) is 0 Å². The van der Waals surface area contributed by atoms with Gasteiger partial charge in [-0.15, -0.1) is 0 Å². The number of benzene rings is 1. The van der Waals surface area contributed by atoms with Gasteiger partial charge in [-0.2, -0.15) is 0 Å². The Morgan fingerprint density at radius 1 is 1.31 bits per heavy atom. The number of hydrogen-bond acceptors (Lipinski definition) is 1. The third-order valence-corrected chi connectivity index (χ3v) is 2.29. The van der Waals surface area contributed by atoms with Crippen LogP contribution in [0, 0.1) is 6.92 Å². The smallest absolute Gasteiger partial charge is 0.330 e. The monoisotopic (exact) mass is 216 g/mol. The molecular formula is C14H16O2. The number of allylic oxidation sites excluding steroid dienone is 2. The van der Waals surface area contributed by atoms with Crippen molar-refractivity contribution in [1.82, 2.24) is 0 Å². The molecule has 2 heteroatoms. The summed E-state index contributed by atoms with van der Waals surface area (Å²) in [5.74, 6) is -0.858. The van der Waals surface area contributed by atoms with Crippen molar-refractivity contribution in [2.75, 3.05) is 0 Å². The molecule has 0 saturated heterocycles. The molecule has 1 rings (SSSR count). The topological polar surface area (TPSA) is 37.3 Å². The summed E-state index contributed by atoms with van der Waals surface area (Å²) in [6.07, 6.45) is 6.29. The number of carbonyl (C=O) groups is 1. The van der Waals surface area contributed by atoms with Crippen LogP contribution in [0.4, 0.5) is 0 Å². The molecule has 1 aromatic carbocycles. The van der Waals surface area contributed by atoms with E-state index in [0.29, 0.717) is 12.0 Å². The van der Waals surface area contributed by atoms with Crippen molar-refractivity contribution in [2.45, 2.75) is 20.3 Å². The molecule has 84 valence electrons. The van der Waals surface area contributed by atoms with E-state index < -0.39 is 5.97 Å². The first-order valence-corrected chi connectivity index (χ1v) is 5.23. The third-order valence-electron chi connectivity index (χ3n) is 2.29. The largest absolute Gasteiger partial charge is 0.478 e. The van der Waals surface area contributed by atoms with E-state index >= 15 is 0 Å². The van der Waals surface area contributed by atoms with E-state index in [2.05, 4.69) is 12.1 Å². The molecule has 0 aromatic heterocycles. The molecule has 0 aliphatic heterocycles. The number of hydrogen-bond donors (Lipinski definition) is 1. The van der Waals surface area contributed by atoms with Gasteiger partial charge in [0.1, 0.15) is 0 Å². The van der Waals surface area contributed by atoms with Gasteiger partial charge in [0.2, 0.25) is 0 Å². The van der Waals surface area contributed by atoms with E-state index in [1.54, 1.807) is 13.0 Å². The Labute approximate surface area is 95.9 Å². The average Bonchev–Trinajstić information content (AvgIpc) is 2.26. The van der Waals surface area contributed by atoms with Crippen LogP contribution in [-0.4, -0.2) is 11.1 Å². The molecular weight excluding hydrogens is 200 g/mol. The lowest BCUT2D eigenvalue weighted by molar-refractivity contribution is -0.132. The molecule has 0 bridgehead atoms. The number of rotatable bonds is 4. The SMILES string of the molecule is CC(=CCC=Cc1ccc(C)cc1)C(=O)O. The number of carboxylic acid groups (broad SMARTS) is 1. The summed E-state index contributed by atoms with van der Waals surface area (Å²) >= 11 is 0. The summed E-state index contributed by atoms with van der Waals surface area (Å²) < 4.78 is 0. The van der Waals surface area contributed by atoms with Crippen LogP contribution in [0.1, 0.15) is 24.5 Å². The van der Waals surface area contributed by atoms with Gasteiger partial charge in [0.25, 0.3) is 0 Å². The molecule has 2 nitrogen and oxygen atoms in total. The first-order chi connectivity index (χ1) is 7.59. The van der Waals surface area contributed by atoms with Gasteiger partial charge in [-0.1, -0.05) is 48.1 Å². The van der Waals surface area contributed by atoms with E-state index in [9.17, 15) is 4.79 Å². The fourth-order valence-electron chi connectivity index (χ4n) is 1.21. The van der Waals surface area contributed by atoms with Crippen molar-refractivity contribution < 1.29 is 9.90 Å². The molecule has 0 aliphatic rings. The number of aryl methyl sites for hydroxylation is 1. The van der Waals surface area contributed by atoms with Gasteiger partial charge in [-0.3, -0.25) is 0 Å². The van der Waals surface area contributed by atoms with Crippen molar-refractivity contribution in [3.05, 3.63) is 53.1 Å². The van der Waals surface area contributed by atoms with E-state index in [-0.39, 0.29) is 0 Å². The highest BCUT2D eigenvalue weighted by atomic mass is 16.4. The molecule has 1 aromatic rings. The molecule has 1 N–H and O–H groups in total. The van der Waals surface area contributed by atoms with Crippen LogP contribution in [-0.2, 0) is 4.79 Å². The van der Waals surface area contributed by atoms with Gasteiger partial charge in [0, 0.05) is 5.57 Å². The van der Waals surface area contributed by atoms with Crippen LogP contribution in [0.25, 0.3) is 6.08 Å². The zero-order chi connectivity index (χ0) is 12.0. The second-order valence-corrected chi connectivity index (χ2v) is 3.74. The van der Waals surface area contributed by atoms with E-state index in [1.165, 1.54) is 5.56 Å². The van der Waals surface area contributed by atoms with E-state index in [4.69, 9.17) is 5.11 Å². The maximum atomic E-state index is 10.5. The normalized spacial score (nSPS) is 12.0. The van der Waals surface area contributed by atoms with Crippen LogP contribution in [0.3, 0.4) is 0 Å². The lowest BCUT2D eigenvalue weighted by Crippen LogP contribution is -1.94.